The first-order valence-electron chi connectivity index (χ1n) is 9.98. The van der Waals surface area contributed by atoms with Gasteiger partial charge in [-0.1, -0.05) is 11.6 Å². The fraction of sp³-hybridized carbons (Fsp3) is 0.550. The van der Waals surface area contributed by atoms with Gasteiger partial charge in [-0.3, -0.25) is 9.67 Å². The van der Waals surface area contributed by atoms with Crippen molar-refractivity contribution in [3.8, 4) is 0 Å². The van der Waals surface area contributed by atoms with Crippen molar-refractivity contribution in [2.75, 3.05) is 31.1 Å². The fourth-order valence-corrected chi connectivity index (χ4v) is 3.75. The van der Waals surface area contributed by atoms with Gasteiger partial charge < -0.3 is 15.5 Å². The zero-order chi connectivity index (χ0) is 19.9. The first kappa shape index (κ1) is 23.7. The third-order valence-corrected chi connectivity index (χ3v) is 5.11. The van der Waals surface area contributed by atoms with Crippen molar-refractivity contribution in [3.05, 3.63) is 40.8 Å². The van der Waals surface area contributed by atoms with Crippen LogP contribution in [0.2, 0.25) is 5.02 Å². The summed E-state index contributed by atoms with van der Waals surface area (Å²) < 4.78 is 2.05. The standard InChI is InChI=1S/C20H30ClN7.HI/c1-4-22-20(24-10-6-11-28-16(3)13-15(2)26-28)25-17-8-12-27(14-17)19-18(21)7-5-9-23-19;/h5,7,9,13,17H,4,6,8,10-12,14H2,1-3H3,(H2,22,24,25);1H. The van der Waals surface area contributed by atoms with Gasteiger partial charge in [-0.2, -0.15) is 5.10 Å². The van der Waals surface area contributed by atoms with E-state index in [9.17, 15) is 0 Å². The third kappa shape index (κ3) is 6.74. The number of nitrogens with zero attached hydrogens (tertiary/aromatic N) is 5. The Labute approximate surface area is 195 Å². The Kier molecular flexibility index (Phi) is 9.48. The Balaban J connectivity index is 0.00000300. The second-order valence-electron chi connectivity index (χ2n) is 7.15. The van der Waals surface area contributed by atoms with Crippen LogP contribution in [0.5, 0.6) is 0 Å². The molecule has 1 fully saturated rings. The SMILES string of the molecule is CCNC(=NCCCn1nc(C)cc1C)NC1CCN(c2ncccc2Cl)C1.I. The highest BCUT2D eigenvalue weighted by Gasteiger charge is 2.25. The zero-order valence-electron chi connectivity index (χ0n) is 17.4. The predicted octanol–water partition coefficient (Wildman–Crippen LogP) is 3.39. The summed E-state index contributed by atoms with van der Waals surface area (Å²) in [6.45, 7) is 10.5. The van der Waals surface area contributed by atoms with Crippen LogP contribution in [0.4, 0.5) is 5.82 Å². The minimum atomic E-state index is 0. The highest BCUT2D eigenvalue weighted by atomic mass is 127. The first-order chi connectivity index (χ1) is 13.6. The summed E-state index contributed by atoms with van der Waals surface area (Å²) >= 11 is 6.29. The molecule has 1 aliphatic rings. The quantitative estimate of drug-likeness (QED) is 0.248. The molecule has 1 aliphatic heterocycles. The van der Waals surface area contributed by atoms with E-state index in [1.165, 1.54) is 5.69 Å². The van der Waals surface area contributed by atoms with Crippen LogP contribution < -0.4 is 15.5 Å². The molecule has 2 aromatic rings. The largest absolute Gasteiger partial charge is 0.357 e. The number of aliphatic imine (C=N–C) groups is 1. The van der Waals surface area contributed by atoms with Crippen LogP contribution in [0.1, 0.15) is 31.2 Å². The van der Waals surface area contributed by atoms with Crippen LogP contribution in [0.15, 0.2) is 29.4 Å². The van der Waals surface area contributed by atoms with Crippen LogP contribution in [0, 0.1) is 13.8 Å². The van der Waals surface area contributed by atoms with E-state index in [0.717, 1.165) is 63.0 Å². The van der Waals surface area contributed by atoms with Crippen molar-refractivity contribution >= 4 is 47.4 Å². The molecule has 9 heteroatoms. The maximum atomic E-state index is 6.29. The lowest BCUT2D eigenvalue weighted by Gasteiger charge is -2.20. The van der Waals surface area contributed by atoms with E-state index in [1.807, 2.05) is 19.1 Å². The van der Waals surface area contributed by atoms with Gasteiger partial charge in [-0.05, 0) is 51.8 Å². The Morgan fingerprint density at radius 3 is 2.90 bits per heavy atom. The summed E-state index contributed by atoms with van der Waals surface area (Å²) in [5.74, 6) is 1.73. The van der Waals surface area contributed by atoms with Gasteiger partial charge in [0.15, 0.2) is 5.96 Å². The van der Waals surface area contributed by atoms with Gasteiger partial charge in [0.25, 0.3) is 0 Å². The number of anilines is 1. The van der Waals surface area contributed by atoms with Crippen molar-refractivity contribution in [1.29, 1.82) is 0 Å². The molecule has 0 bridgehead atoms. The number of hydrogen-bond donors (Lipinski definition) is 2. The molecule has 0 amide bonds. The van der Waals surface area contributed by atoms with Crippen LogP contribution in [0.25, 0.3) is 0 Å². The van der Waals surface area contributed by atoms with Crippen LogP contribution in [0.3, 0.4) is 0 Å². The molecule has 0 spiro atoms. The smallest absolute Gasteiger partial charge is 0.191 e. The number of guanidine groups is 1. The lowest BCUT2D eigenvalue weighted by Crippen LogP contribution is -2.44. The zero-order valence-corrected chi connectivity index (χ0v) is 20.4. The molecule has 0 aromatic carbocycles. The molecular formula is C20H31ClIN7. The molecule has 3 heterocycles. The van der Waals surface area contributed by atoms with E-state index in [0.29, 0.717) is 11.1 Å². The first-order valence-corrected chi connectivity index (χ1v) is 10.4. The Bertz CT molecular complexity index is 808. The molecule has 1 atom stereocenters. The van der Waals surface area contributed by atoms with Crippen LogP contribution in [-0.4, -0.2) is 52.9 Å². The summed E-state index contributed by atoms with van der Waals surface area (Å²) in [5, 5.41) is 12.1. The van der Waals surface area contributed by atoms with Gasteiger partial charge in [-0.15, -0.1) is 24.0 Å². The predicted molar refractivity (Wildman–Crippen MR) is 131 cm³/mol. The molecule has 1 unspecified atom stereocenters. The van der Waals surface area contributed by atoms with Crippen molar-refractivity contribution in [3.63, 3.8) is 0 Å². The fourth-order valence-electron chi connectivity index (χ4n) is 3.51. The second kappa shape index (κ2) is 11.6. The molecule has 7 nitrogen and oxygen atoms in total. The summed E-state index contributed by atoms with van der Waals surface area (Å²) in [5.41, 5.74) is 2.26. The Morgan fingerprint density at radius 1 is 1.38 bits per heavy atom. The summed E-state index contributed by atoms with van der Waals surface area (Å²) in [6, 6.07) is 6.18. The van der Waals surface area contributed by atoms with Crippen molar-refractivity contribution < 1.29 is 0 Å². The monoisotopic (exact) mass is 531 g/mol. The van der Waals surface area contributed by atoms with Crippen molar-refractivity contribution in [2.45, 2.75) is 46.2 Å². The molecule has 0 aliphatic carbocycles. The van der Waals surface area contributed by atoms with Crippen LogP contribution >= 0.6 is 35.6 Å². The van der Waals surface area contributed by atoms with Crippen LogP contribution in [-0.2, 0) is 6.54 Å². The molecule has 29 heavy (non-hydrogen) atoms. The molecule has 3 rings (SSSR count). The van der Waals surface area contributed by atoms with Gasteiger partial charge in [0, 0.05) is 50.7 Å². The average molecular weight is 532 g/mol. The molecule has 2 N–H and O–H groups in total. The van der Waals surface area contributed by atoms with E-state index in [-0.39, 0.29) is 24.0 Å². The van der Waals surface area contributed by atoms with E-state index in [2.05, 4.69) is 50.2 Å². The minimum absolute atomic E-state index is 0. The normalized spacial score (nSPS) is 16.6. The topological polar surface area (TPSA) is 70.4 Å². The molecular weight excluding hydrogens is 501 g/mol. The molecule has 2 aromatic heterocycles. The third-order valence-electron chi connectivity index (χ3n) is 4.81. The number of aryl methyl sites for hydroxylation is 3. The number of nitrogens with one attached hydrogen (secondary N) is 2. The maximum absolute atomic E-state index is 6.29. The lowest BCUT2D eigenvalue weighted by molar-refractivity contribution is 0.565. The lowest BCUT2D eigenvalue weighted by atomic mass is 10.3. The molecule has 0 saturated carbocycles. The van der Waals surface area contributed by atoms with E-state index in [1.54, 1.807) is 6.20 Å². The maximum Gasteiger partial charge on any atom is 0.191 e. The van der Waals surface area contributed by atoms with Gasteiger partial charge in [-0.25, -0.2) is 4.98 Å². The number of rotatable bonds is 7. The number of halogens is 2. The van der Waals surface area contributed by atoms with Gasteiger partial charge >= 0.3 is 0 Å². The molecule has 0 radical (unpaired) electrons. The highest BCUT2D eigenvalue weighted by molar-refractivity contribution is 14.0. The van der Waals surface area contributed by atoms with Crippen molar-refractivity contribution in [2.24, 2.45) is 4.99 Å². The average Bonchev–Trinajstić information content (AvgIpc) is 3.25. The van der Waals surface area contributed by atoms with E-state index in [4.69, 9.17) is 16.6 Å². The second-order valence-corrected chi connectivity index (χ2v) is 7.56. The summed E-state index contributed by atoms with van der Waals surface area (Å²) in [7, 11) is 0. The minimum Gasteiger partial charge on any atom is -0.357 e. The Hall–Kier alpha value is -1.55. The molecule has 1 saturated heterocycles. The summed E-state index contributed by atoms with van der Waals surface area (Å²) in [4.78, 5) is 11.4. The molecule has 160 valence electrons. The number of hydrogen-bond acceptors (Lipinski definition) is 4. The van der Waals surface area contributed by atoms with Crippen molar-refractivity contribution in [1.82, 2.24) is 25.4 Å². The van der Waals surface area contributed by atoms with Gasteiger partial charge in [0.2, 0.25) is 0 Å². The summed E-state index contributed by atoms with van der Waals surface area (Å²) in [6.07, 6.45) is 3.78. The number of aromatic nitrogens is 3. The Morgan fingerprint density at radius 2 is 2.21 bits per heavy atom. The van der Waals surface area contributed by atoms with Gasteiger partial charge in [0.05, 0.1) is 10.7 Å². The highest BCUT2D eigenvalue weighted by Crippen LogP contribution is 2.25. The van der Waals surface area contributed by atoms with E-state index >= 15 is 0 Å². The van der Waals surface area contributed by atoms with Gasteiger partial charge in [0.1, 0.15) is 5.82 Å². The number of pyridine rings is 1. The van der Waals surface area contributed by atoms with E-state index < -0.39 is 0 Å².